The van der Waals surface area contributed by atoms with Gasteiger partial charge in [0.25, 0.3) is 5.91 Å². The number of amides is 1. The Morgan fingerprint density at radius 3 is 2.38 bits per heavy atom. The van der Waals surface area contributed by atoms with Crippen LogP contribution in [-0.4, -0.2) is 37.1 Å². The number of aliphatic hydroxyl groups excluding tert-OH is 1. The molecule has 11 heteroatoms. The molecule has 0 aromatic heterocycles. The van der Waals surface area contributed by atoms with Crippen molar-refractivity contribution in [3.8, 4) is 0 Å². The summed E-state index contributed by atoms with van der Waals surface area (Å²) in [6.45, 7) is -0.438. The Morgan fingerprint density at radius 2 is 1.78 bits per heavy atom. The summed E-state index contributed by atoms with van der Waals surface area (Å²) in [4.78, 5) is 24.6. The van der Waals surface area contributed by atoms with Crippen LogP contribution in [0.25, 0.3) is 0 Å². The van der Waals surface area contributed by atoms with Gasteiger partial charge in [-0.3, -0.25) is 9.59 Å². The lowest BCUT2D eigenvalue weighted by molar-refractivity contribution is -0.126. The zero-order chi connectivity index (χ0) is 23.4. The quantitative estimate of drug-likeness (QED) is 0.630. The molecule has 32 heavy (non-hydrogen) atoms. The molecule has 4 atom stereocenters. The van der Waals surface area contributed by atoms with Gasteiger partial charge < -0.3 is 10.4 Å². The summed E-state index contributed by atoms with van der Waals surface area (Å²) >= 11 is 6.12. The molecule has 2 saturated carbocycles. The first-order valence-electron chi connectivity index (χ1n) is 9.70. The van der Waals surface area contributed by atoms with Gasteiger partial charge in [-0.15, -0.1) is 0 Å². The van der Waals surface area contributed by atoms with Crippen LogP contribution in [0.3, 0.4) is 0 Å². The number of carbonyl (C=O) groups excluding carboxylic acids is 2. The second kappa shape index (κ2) is 8.17. The summed E-state index contributed by atoms with van der Waals surface area (Å²) < 4.78 is 66.7. The van der Waals surface area contributed by atoms with E-state index in [4.69, 9.17) is 11.6 Å². The topological polar surface area (TPSA) is 101 Å². The van der Waals surface area contributed by atoms with Gasteiger partial charge in [0.15, 0.2) is 27.3 Å². The van der Waals surface area contributed by atoms with E-state index < -0.39 is 62.8 Å². The Morgan fingerprint density at radius 1 is 1.12 bits per heavy atom. The van der Waals surface area contributed by atoms with Crippen molar-refractivity contribution in [1.82, 2.24) is 0 Å². The van der Waals surface area contributed by atoms with Crippen LogP contribution in [-0.2, 0) is 14.6 Å². The van der Waals surface area contributed by atoms with Gasteiger partial charge in [0.05, 0.1) is 21.8 Å². The van der Waals surface area contributed by atoms with Crippen LogP contribution >= 0.6 is 11.6 Å². The number of ketones is 1. The molecule has 4 rings (SSSR count). The van der Waals surface area contributed by atoms with Gasteiger partial charge in [-0.2, -0.15) is 0 Å². The molecule has 2 bridgehead atoms. The van der Waals surface area contributed by atoms with Crippen molar-refractivity contribution in [1.29, 1.82) is 0 Å². The molecule has 2 unspecified atom stereocenters. The molecule has 6 nitrogen and oxygen atoms in total. The first-order chi connectivity index (χ1) is 15.1. The number of fused-ring (bicyclic) bond motifs is 2. The summed E-state index contributed by atoms with van der Waals surface area (Å²) in [5.41, 5.74) is -0.538. The zero-order valence-corrected chi connectivity index (χ0v) is 17.9. The van der Waals surface area contributed by atoms with Crippen LogP contribution in [0.4, 0.5) is 18.9 Å². The van der Waals surface area contributed by atoms with E-state index in [0.717, 1.165) is 6.07 Å². The first-order valence-corrected chi connectivity index (χ1v) is 11.6. The number of hydrogen-bond donors (Lipinski definition) is 2. The van der Waals surface area contributed by atoms with Crippen molar-refractivity contribution >= 4 is 38.8 Å². The Kier molecular flexibility index (Phi) is 5.81. The molecule has 0 heterocycles. The van der Waals surface area contributed by atoms with Crippen molar-refractivity contribution < 1.29 is 36.3 Å². The van der Waals surface area contributed by atoms with Crippen molar-refractivity contribution in [3.05, 3.63) is 58.4 Å². The van der Waals surface area contributed by atoms with Crippen LogP contribution in [0.15, 0.2) is 35.2 Å². The molecule has 2 aromatic rings. The normalized spacial score (nSPS) is 24.7. The maximum Gasteiger partial charge on any atom is 0.255 e. The monoisotopic (exact) mass is 487 g/mol. The fraction of sp³-hybridized carbons (Fsp3) is 0.333. The maximum atomic E-state index is 13.4. The third kappa shape index (κ3) is 3.60. The van der Waals surface area contributed by atoms with Crippen molar-refractivity contribution in [2.75, 3.05) is 11.9 Å². The predicted octanol–water partition coefficient (Wildman–Crippen LogP) is 3.37. The molecule has 0 aliphatic heterocycles. The Labute approximate surface area is 186 Å². The highest BCUT2D eigenvalue weighted by Crippen LogP contribution is 2.51. The second-order valence-electron chi connectivity index (χ2n) is 7.90. The Hall–Kier alpha value is -2.43. The Balaban J connectivity index is 1.66. The molecule has 2 N–H and O–H groups in total. The molecule has 2 aliphatic rings. The van der Waals surface area contributed by atoms with Gasteiger partial charge in [-0.25, -0.2) is 21.6 Å². The van der Waals surface area contributed by atoms with Crippen LogP contribution < -0.4 is 5.32 Å². The van der Waals surface area contributed by atoms with Crippen LogP contribution in [0.2, 0.25) is 5.02 Å². The van der Waals surface area contributed by atoms with E-state index in [-0.39, 0.29) is 27.0 Å². The average Bonchev–Trinajstić information content (AvgIpc) is 3.28. The van der Waals surface area contributed by atoms with Gasteiger partial charge in [0, 0.05) is 35.2 Å². The second-order valence-corrected chi connectivity index (χ2v) is 10.4. The van der Waals surface area contributed by atoms with Gasteiger partial charge >= 0.3 is 0 Å². The number of anilines is 1. The van der Waals surface area contributed by atoms with E-state index in [2.05, 4.69) is 5.32 Å². The predicted molar refractivity (Wildman–Crippen MR) is 108 cm³/mol. The maximum absolute atomic E-state index is 13.4. The van der Waals surface area contributed by atoms with Crippen molar-refractivity contribution in [3.63, 3.8) is 0 Å². The first kappa shape index (κ1) is 22.8. The molecule has 0 saturated heterocycles. The SMILES string of the molecule is O=C(Nc1cc(F)c(F)c(F)c1)c1ccc(Cl)c(S(=O)(=O)[C@H]2C3CCC2[C@@H](CO)C3=O)c1. The van der Waals surface area contributed by atoms with E-state index in [9.17, 15) is 36.3 Å². The van der Waals surface area contributed by atoms with Crippen LogP contribution in [0.1, 0.15) is 23.2 Å². The summed E-state index contributed by atoms with van der Waals surface area (Å²) in [5, 5.41) is 10.5. The summed E-state index contributed by atoms with van der Waals surface area (Å²) in [7, 11) is -4.14. The molecule has 0 spiro atoms. The number of rotatable bonds is 5. The fourth-order valence-corrected chi connectivity index (χ4v) is 7.58. The van der Waals surface area contributed by atoms with Crippen molar-refractivity contribution in [2.24, 2.45) is 17.8 Å². The molecule has 1 amide bonds. The number of hydrogen-bond acceptors (Lipinski definition) is 5. The van der Waals surface area contributed by atoms with Gasteiger partial charge in [0.1, 0.15) is 5.78 Å². The lowest BCUT2D eigenvalue weighted by atomic mass is 9.88. The largest absolute Gasteiger partial charge is 0.396 e. The molecule has 2 aliphatic carbocycles. The fourth-order valence-electron chi connectivity index (χ4n) is 4.73. The Bertz CT molecular complexity index is 1210. The summed E-state index contributed by atoms with van der Waals surface area (Å²) in [5.74, 6) is -7.92. The minimum atomic E-state index is -4.14. The summed E-state index contributed by atoms with van der Waals surface area (Å²) in [6, 6.07) is 4.61. The minimum absolute atomic E-state index is 0.153. The van der Waals surface area contributed by atoms with Gasteiger partial charge in [0.2, 0.25) is 0 Å². The van der Waals surface area contributed by atoms with E-state index in [1.54, 1.807) is 0 Å². The van der Waals surface area contributed by atoms with E-state index in [0.29, 0.717) is 25.0 Å². The molecule has 2 aromatic carbocycles. The molecular weight excluding hydrogens is 471 g/mol. The third-order valence-electron chi connectivity index (χ3n) is 6.17. The molecule has 170 valence electrons. The number of carbonyl (C=O) groups is 2. The number of sulfone groups is 1. The van der Waals surface area contributed by atoms with Gasteiger partial charge in [-0.05, 0) is 37.0 Å². The lowest BCUT2D eigenvalue weighted by Gasteiger charge is -2.19. The highest BCUT2D eigenvalue weighted by atomic mass is 35.5. The van der Waals surface area contributed by atoms with Crippen LogP contribution in [0, 0.1) is 35.2 Å². The number of Topliss-reactive ketones (excluding diaryl/α,β-unsaturated/α-hetero) is 1. The smallest absolute Gasteiger partial charge is 0.255 e. The molecule has 2 fully saturated rings. The number of benzene rings is 2. The van der Waals surface area contributed by atoms with E-state index in [1.165, 1.54) is 12.1 Å². The zero-order valence-electron chi connectivity index (χ0n) is 16.3. The highest BCUT2D eigenvalue weighted by molar-refractivity contribution is 7.92. The average molecular weight is 488 g/mol. The van der Waals surface area contributed by atoms with Crippen molar-refractivity contribution in [2.45, 2.75) is 23.0 Å². The number of nitrogens with one attached hydrogen (secondary N) is 1. The summed E-state index contributed by atoms with van der Waals surface area (Å²) in [6.07, 6.45) is 0.869. The van der Waals surface area contributed by atoms with Gasteiger partial charge in [-0.1, -0.05) is 11.6 Å². The number of aliphatic hydroxyl groups is 1. The van der Waals surface area contributed by atoms with Crippen LogP contribution in [0.5, 0.6) is 0 Å². The van der Waals surface area contributed by atoms with E-state index in [1.807, 2.05) is 0 Å². The highest BCUT2D eigenvalue weighted by Gasteiger charge is 2.59. The molecule has 0 radical (unpaired) electrons. The standard InChI is InChI=1S/C21H17ClF3NO5S/c22-14-4-1-9(21(29)26-10-6-15(23)18(25)16(24)7-10)5-17(14)32(30,31)20-11-2-3-12(20)19(28)13(11)8-27/h1,4-7,11-13,20,27H,2-3,8H2,(H,26,29)/t11?,12?,13-,20-/m1/s1. The third-order valence-corrected chi connectivity index (χ3v) is 8.96. The number of halogens is 4. The van der Waals surface area contributed by atoms with E-state index >= 15 is 0 Å². The lowest BCUT2D eigenvalue weighted by Crippen LogP contribution is -2.28. The molecular formula is C21H17ClF3NO5S. The minimum Gasteiger partial charge on any atom is -0.396 e.